The number of methoxy groups -OCH3 is 1. The predicted molar refractivity (Wildman–Crippen MR) is 119 cm³/mol. The summed E-state index contributed by atoms with van der Waals surface area (Å²) >= 11 is 0. The first-order valence-electron chi connectivity index (χ1n) is 11.6. The lowest BCUT2D eigenvalue weighted by atomic mass is 9.51. The van der Waals surface area contributed by atoms with Crippen LogP contribution in [0, 0.1) is 22.7 Å². The Bertz CT molecular complexity index is 755. The van der Waals surface area contributed by atoms with Crippen LogP contribution in [-0.2, 0) is 28.6 Å². The molecule has 0 radical (unpaired) electrons. The second-order valence-electron chi connectivity index (χ2n) is 10.3. The molecular formula is C25H40O7. The van der Waals surface area contributed by atoms with Crippen LogP contribution in [0.25, 0.3) is 0 Å². The second-order valence-corrected chi connectivity index (χ2v) is 10.3. The van der Waals surface area contributed by atoms with Gasteiger partial charge in [-0.05, 0) is 69.6 Å². The molecule has 1 N–H and O–H groups in total. The average molecular weight is 453 g/mol. The lowest BCUT2D eigenvalue weighted by molar-refractivity contribution is -0.175. The molecule has 1 saturated carbocycles. The van der Waals surface area contributed by atoms with Crippen LogP contribution in [0.2, 0.25) is 0 Å². The number of aliphatic hydroxyl groups is 1. The number of rotatable bonds is 8. The number of hydrogen-bond acceptors (Lipinski definition) is 7. The Labute approximate surface area is 191 Å². The van der Waals surface area contributed by atoms with Crippen molar-refractivity contribution in [1.82, 2.24) is 0 Å². The molecule has 0 aliphatic heterocycles. The van der Waals surface area contributed by atoms with Gasteiger partial charge in [0.25, 0.3) is 0 Å². The van der Waals surface area contributed by atoms with Crippen molar-refractivity contribution in [3.63, 3.8) is 0 Å². The zero-order valence-corrected chi connectivity index (χ0v) is 20.7. The number of ether oxygens (including phenoxy) is 3. The smallest absolute Gasteiger partial charge is 0.312 e. The third-order valence-electron chi connectivity index (χ3n) is 8.05. The first kappa shape index (κ1) is 26.4. The van der Waals surface area contributed by atoms with Gasteiger partial charge in [0.1, 0.15) is 12.2 Å². The molecule has 6 atom stereocenters. The molecule has 0 bridgehead atoms. The fourth-order valence-electron chi connectivity index (χ4n) is 5.59. The van der Waals surface area contributed by atoms with E-state index in [4.69, 9.17) is 14.2 Å². The molecular weight excluding hydrogens is 412 g/mol. The number of fused-ring (bicyclic) bond motifs is 1. The SMILES string of the molecule is COC(=O)C1(C)CCC=C2C1CCC(C)C2(C)CCC(C)(O)C(COC(C)=O)OC(C)=O. The highest BCUT2D eigenvalue weighted by Gasteiger charge is 2.53. The number of carbonyl (C=O) groups is 3. The van der Waals surface area contributed by atoms with Gasteiger partial charge in [-0.25, -0.2) is 0 Å². The predicted octanol–water partition coefficient (Wildman–Crippen LogP) is 3.96. The van der Waals surface area contributed by atoms with Crippen molar-refractivity contribution in [2.75, 3.05) is 13.7 Å². The van der Waals surface area contributed by atoms with E-state index in [1.54, 1.807) is 6.92 Å². The monoisotopic (exact) mass is 452 g/mol. The summed E-state index contributed by atoms with van der Waals surface area (Å²) in [6.45, 7) is 10.4. The molecule has 0 amide bonds. The lowest BCUT2D eigenvalue weighted by Gasteiger charge is -2.53. The van der Waals surface area contributed by atoms with Crippen LogP contribution in [0.4, 0.5) is 0 Å². The molecule has 1 fully saturated rings. The molecule has 0 saturated heterocycles. The summed E-state index contributed by atoms with van der Waals surface area (Å²) in [5, 5.41) is 11.2. The standard InChI is InChI=1S/C25H40O7/c1-16-10-11-20-19(9-8-12-24(20,5)22(28)30-7)23(16,4)13-14-25(6,29)21(32-18(3)27)15-31-17(2)26/h9,16,20-21,29H,8,10-15H2,1-7H3. The maximum atomic E-state index is 12.7. The summed E-state index contributed by atoms with van der Waals surface area (Å²) in [7, 11) is 1.45. The van der Waals surface area contributed by atoms with Crippen molar-refractivity contribution in [2.45, 2.75) is 91.8 Å². The molecule has 0 aromatic carbocycles. The van der Waals surface area contributed by atoms with Crippen LogP contribution in [-0.4, -0.2) is 48.4 Å². The normalized spacial score (nSPS) is 32.6. The van der Waals surface area contributed by atoms with Crippen molar-refractivity contribution >= 4 is 17.9 Å². The number of carbonyl (C=O) groups excluding carboxylic acids is 3. The highest BCUT2D eigenvalue weighted by atomic mass is 16.6. The zero-order chi connectivity index (χ0) is 24.3. The fraction of sp³-hybridized carbons (Fsp3) is 0.800. The Morgan fingerprint density at radius 1 is 1.22 bits per heavy atom. The third kappa shape index (κ3) is 5.36. The first-order chi connectivity index (χ1) is 14.8. The molecule has 0 aromatic rings. The van der Waals surface area contributed by atoms with E-state index < -0.39 is 29.1 Å². The Morgan fingerprint density at radius 2 is 1.88 bits per heavy atom. The number of allylic oxidation sites excluding steroid dienone is 2. The summed E-state index contributed by atoms with van der Waals surface area (Å²) in [5.41, 5.74) is -0.865. The van der Waals surface area contributed by atoms with E-state index in [0.717, 1.165) is 25.7 Å². The van der Waals surface area contributed by atoms with E-state index in [1.807, 2.05) is 6.92 Å². The highest BCUT2D eigenvalue weighted by molar-refractivity contribution is 5.77. The molecule has 182 valence electrons. The molecule has 7 heteroatoms. The molecule has 7 nitrogen and oxygen atoms in total. The van der Waals surface area contributed by atoms with Gasteiger partial charge in [-0.2, -0.15) is 0 Å². The summed E-state index contributed by atoms with van der Waals surface area (Å²) in [5.74, 6) is -0.721. The molecule has 2 aliphatic carbocycles. The van der Waals surface area contributed by atoms with Crippen molar-refractivity contribution < 1.29 is 33.7 Å². The highest BCUT2D eigenvalue weighted by Crippen LogP contribution is 2.58. The third-order valence-corrected chi connectivity index (χ3v) is 8.05. The van der Waals surface area contributed by atoms with Crippen molar-refractivity contribution in [1.29, 1.82) is 0 Å². The van der Waals surface area contributed by atoms with Crippen LogP contribution >= 0.6 is 0 Å². The molecule has 0 aromatic heterocycles. The van der Waals surface area contributed by atoms with Gasteiger partial charge in [0.15, 0.2) is 6.10 Å². The molecule has 6 unspecified atom stereocenters. The van der Waals surface area contributed by atoms with Gasteiger partial charge in [0.05, 0.1) is 12.5 Å². The molecule has 2 rings (SSSR count). The van der Waals surface area contributed by atoms with Crippen LogP contribution < -0.4 is 0 Å². The fourth-order valence-corrected chi connectivity index (χ4v) is 5.59. The summed E-state index contributed by atoms with van der Waals surface area (Å²) in [6.07, 6.45) is 5.84. The van der Waals surface area contributed by atoms with E-state index in [1.165, 1.54) is 26.5 Å². The zero-order valence-electron chi connectivity index (χ0n) is 20.7. The van der Waals surface area contributed by atoms with E-state index in [-0.39, 0.29) is 23.9 Å². The Balaban J connectivity index is 2.26. The molecule has 0 heterocycles. The van der Waals surface area contributed by atoms with E-state index in [2.05, 4.69) is 19.9 Å². The van der Waals surface area contributed by atoms with Crippen molar-refractivity contribution in [3.05, 3.63) is 11.6 Å². The molecule has 32 heavy (non-hydrogen) atoms. The Morgan fingerprint density at radius 3 is 2.44 bits per heavy atom. The van der Waals surface area contributed by atoms with Gasteiger partial charge in [-0.3, -0.25) is 14.4 Å². The first-order valence-corrected chi connectivity index (χ1v) is 11.6. The van der Waals surface area contributed by atoms with Gasteiger partial charge in [0, 0.05) is 13.8 Å². The lowest BCUT2D eigenvalue weighted by Crippen LogP contribution is -2.50. The quantitative estimate of drug-likeness (QED) is 0.338. The topological polar surface area (TPSA) is 99.1 Å². The van der Waals surface area contributed by atoms with Gasteiger partial charge in [-0.15, -0.1) is 0 Å². The number of hydrogen-bond donors (Lipinski definition) is 1. The van der Waals surface area contributed by atoms with Gasteiger partial charge in [0.2, 0.25) is 0 Å². The van der Waals surface area contributed by atoms with E-state index in [0.29, 0.717) is 18.8 Å². The minimum absolute atomic E-state index is 0.111. The second kappa shape index (κ2) is 9.94. The average Bonchev–Trinajstić information content (AvgIpc) is 2.71. The van der Waals surface area contributed by atoms with Crippen LogP contribution in [0.1, 0.15) is 80.1 Å². The van der Waals surface area contributed by atoms with Crippen molar-refractivity contribution in [2.24, 2.45) is 22.7 Å². The summed E-state index contributed by atoms with van der Waals surface area (Å²) in [4.78, 5) is 35.6. The molecule has 0 spiro atoms. The van der Waals surface area contributed by atoms with Crippen LogP contribution in [0.5, 0.6) is 0 Å². The van der Waals surface area contributed by atoms with Crippen molar-refractivity contribution in [3.8, 4) is 0 Å². The largest absolute Gasteiger partial charge is 0.469 e. The summed E-state index contributed by atoms with van der Waals surface area (Å²) < 4.78 is 15.5. The van der Waals surface area contributed by atoms with Gasteiger partial charge in [-0.1, -0.05) is 25.5 Å². The molecule has 2 aliphatic rings. The summed E-state index contributed by atoms with van der Waals surface area (Å²) in [6, 6.07) is 0. The Kier molecular flexibility index (Phi) is 8.19. The van der Waals surface area contributed by atoms with Gasteiger partial charge < -0.3 is 19.3 Å². The minimum atomic E-state index is -1.38. The maximum absolute atomic E-state index is 12.7. The van der Waals surface area contributed by atoms with Gasteiger partial charge >= 0.3 is 17.9 Å². The Hall–Kier alpha value is -1.89. The van der Waals surface area contributed by atoms with E-state index >= 15 is 0 Å². The number of esters is 3. The minimum Gasteiger partial charge on any atom is -0.469 e. The maximum Gasteiger partial charge on any atom is 0.312 e. The van der Waals surface area contributed by atoms with Crippen LogP contribution in [0.3, 0.4) is 0 Å². The van der Waals surface area contributed by atoms with Crippen LogP contribution in [0.15, 0.2) is 11.6 Å². The van der Waals surface area contributed by atoms with E-state index in [9.17, 15) is 19.5 Å².